The van der Waals surface area contributed by atoms with E-state index in [0.29, 0.717) is 64.0 Å². The first-order chi connectivity index (χ1) is 23.9. The topological polar surface area (TPSA) is 128 Å². The molecular formula is C40H32N2O7. The number of esters is 2. The second kappa shape index (κ2) is 15.0. The Morgan fingerprint density at radius 2 is 1.27 bits per heavy atom. The number of aromatic amines is 2. The van der Waals surface area contributed by atoms with E-state index < -0.39 is 11.9 Å². The number of fused-ring (bicyclic) bond motifs is 2. The predicted molar refractivity (Wildman–Crippen MR) is 189 cm³/mol. The second-order valence-corrected chi connectivity index (χ2v) is 11.1. The number of aromatic nitrogens is 2. The number of H-pyrrole nitrogens is 2. The number of hydrogen-bond acceptors (Lipinski definition) is 7. The monoisotopic (exact) mass is 652 g/mol. The third kappa shape index (κ3) is 7.77. The normalized spacial score (nSPS) is 10.7. The van der Waals surface area contributed by atoms with E-state index in [-0.39, 0.29) is 29.6 Å². The van der Waals surface area contributed by atoms with E-state index in [1.54, 1.807) is 31.2 Å². The molecule has 0 bridgehead atoms. The van der Waals surface area contributed by atoms with Crippen molar-refractivity contribution >= 4 is 33.7 Å². The highest BCUT2D eigenvalue weighted by molar-refractivity contribution is 5.96. The second-order valence-electron chi connectivity index (χ2n) is 11.1. The Labute approximate surface area is 281 Å². The smallest absolute Gasteiger partial charge is 0.339 e. The fraction of sp³-hybridized carbons (Fsp3) is 0.150. The molecule has 9 nitrogen and oxygen atoms in total. The van der Waals surface area contributed by atoms with Gasteiger partial charge in [0.15, 0.2) is 17.5 Å². The average molecular weight is 653 g/mol. The summed E-state index contributed by atoms with van der Waals surface area (Å²) in [6, 6.07) is 29.7. The van der Waals surface area contributed by atoms with Gasteiger partial charge in [-0.05, 0) is 67.4 Å². The van der Waals surface area contributed by atoms with E-state index in [2.05, 4.69) is 21.8 Å². The summed E-state index contributed by atoms with van der Waals surface area (Å²) in [6.45, 7) is 2.33. The summed E-state index contributed by atoms with van der Waals surface area (Å²) in [5, 5.41) is 0.808. The molecule has 0 atom stereocenters. The van der Waals surface area contributed by atoms with Crippen LogP contribution in [0, 0.1) is 11.8 Å². The van der Waals surface area contributed by atoms with Crippen molar-refractivity contribution in [3.8, 4) is 40.1 Å². The molecule has 0 fully saturated rings. The molecule has 0 saturated carbocycles. The van der Waals surface area contributed by atoms with Gasteiger partial charge in [0, 0.05) is 57.3 Å². The van der Waals surface area contributed by atoms with E-state index in [4.69, 9.17) is 14.2 Å². The summed E-state index contributed by atoms with van der Waals surface area (Å²) in [7, 11) is 0. The Morgan fingerprint density at radius 1 is 0.653 bits per heavy atom. The van der Waals surface area contributed by atoms with Crippen molar-refractivity contribution < 1.29 is 23.8 Å². The summed E-state index contributed by atoms with van der Waals surface area (Å²) >= 11 is 0. The van der Waals surface area contributed by atoms with Crippen LogP contribution < -0.4 is 15.6 Å². The summed E-state index contributed by atoms with van der Waals surface area (Å²) in [5.74, 6) is 5.45. The van der Waals surface area contributed by atoms with E-state index in [1.807, 2.05) is 54.6 Å². The molecule has 0 radical (unpaired) electrons. The van der Waals surface area contributed by atoms with Crippen molar-refractivity contribution in [2.24, 2.45) is 0 Å². The van der Waals surface area contributed by atoms with Gasteiger partial charge in [-0.1, -0.05) is 54.3 Å². The molecule has 0 saturated heterocycles. The van der Waals surface area contributed by atoms with Crippen LogP contribution in [-0.2, 0) is 9.47 Å². The Kier molecular flexibility index (Phi) is 9.96. The van der Waals surface area contributed by atoms with Crippen LogP contribution in [0.4, 0.5) is 0 Å². The van der Waals surface area contributed by atoms with Gasteiger partial charge in [0.05, 0.1) is 24.3 Å². The third-order valence-corrected chi connectivity index (χ3v) is 7.75. The summed E-state index contributed by atoms with van der Waals surface area (Å²) in [4.78, 5) is 56.8. The maximum absolute atomic E-state index is 12.9. The number of ether oxygens (including phenoxy) is 3. The van der Waals surface area contributed by atoms with E-state index in [1.165, 1.54) is 24.3 Å². The van der Waals surface area contributed by atoms with Gasteiger partial charge in [-0.25, -0.2) is 9.59 Å². The van der Waals surface area contributed by atoms with Crippen molar-refractivity contribution in [3.63, 3.8) is 0 Å². The van der Waals surface area contributed by atoms with Gasteiger partial charge in [0.25, 0.3) is 0 Å². The molecular weight excluding hydrogens is 620 g/mol. The predicted octanol–water partition coefficient (Wildman–Crippen LogP) is 6.90. The fourth-order valence-corrected chi connectivity index (χ4v) is 5.32. The minimum absolute atomic E-state index is 0.0722. The van der Waals surface area contributed by atoms with Crippen molar-refractivity contribution in [2.45, 2.75) is 19.8 Å². The number of unbranched alkanes of at least 4 members (excludes halogenated alkanes) is 1. The first-order valence-electron chi connectivity index (χ1n) is 15.8. The maximum Gasteiger partial charge on any atom is 0.339 e. The molecule has 2 heterocycles. The van der Waals surface area contributed by atoms with Crippen LogP contribution in [0.5, 0.6) is 5.75 Å². The van der Waals surface area contributed by atoms with Crippen LogP contribution in [0.1, 0.15) is 40.5 Å². The molecule has 244 valence electrons. The quantitative estimate of drug-likeness (QED) is 0.0936. The molecule has 0 spiro atoms. The Bertz CT molecular complexity index is 2350. The number of nitrogens with one attached hydrogen (secondary N) is 2. The number of benzene rings is 4. The highest BCUT2D eigenvalue weighted by Gasteiger charge is 2.12. The van der Waals surface area contributed by atoms with Crippen molar-refractivity contribution in [1.82, 2.24) is 9.97 Å². The molecule has 0 amide bonds. The number of rotatable bonds is 10. The van der Waals surface area contributed by atoms with Crippen molar-refractivity contribution in [3.05, 3.63) is 135 Å². The first kappa shape index (κ1) is 32.5. The lowest BCUT2D eigenvalue weighted by Gasteiger charge is -2.09. The van der Waals surface area contributed by atoms with Gasteiger partial charge < -0.3 is 24.2 Å². The highest BCUT2D eigenvalue weighted by Crippen LogP contribution is 2.24. The molecule has 6 rings (SSSR count). The fourth-order valence-electron chi connectivity index (χ4n) is 5.32. The molecule has 2 aromatic heterocycles. The van der Waals surface area contributed by atoms with Gasteiger partial charge in [0.2, 0.25) is 0 Å². The molecule has 0 unspecified atom stereocenters. The van der Waals surface area contributed by atoms with Gasteiger partial charge in [-0.15, -0.1) is 0 Å². The SMILES string of the molecule is CCOC(=O)c1ccc2[nH]c(-c3cccc(OCCCC#CCOC(=O)c4ccc5[nH]c(-c6ccccc6)cc(=O)c5c4)c3)cc(=O)c2c1. The van der Waals surface area contributed by atoms with Crippen LogP contribution in [-0.4, -0.2) is 41.7 Å². The lowest BCUT2D eigenvalue weighted by molar-refractivity contribution is 0.0524. The summed E-state index contributed by atoms with van der Waals surface area (Å²) in [6.07, 6.45) is 1.19. The largest absolute Gasteiger partial charge is 0.494 e. The number of carbonyl (C=O) groups excluding carboxylic acids is 2. The lowest BCUT2D eigenvalue weighted by Crippen LogP contribution is -2.08. The van der Waals surface area contributed by atoms with Crippen LogP contribution in [0.2, 0.25) is 0 Å². The average Bonchev–Trinajstić information content (AvgIpc) is 3.13. The van der Waals surface area contributed by atoms with Gasteiger partial charge in [-0.2, -0.15) is 0 Å². The Balaban J connectivity index is 0.986. The van der Waals surface area contributed by atoms with Crippen LogP contribution in [0.25, 0.3) is 44.3 Å². The number of pyridine rings is 2. The molecule has 0 aliphatic rings. The van der Waals surface area contributed by atoms with Gasteiger partial charge >= 0.3 is 11.9 Å². The standard InChI is InChI=1S/C40H32N2O7/c1-2-47-39(45)28-15-17-34-31(22-28)38(44)25-36(42-34)27-13-10-14-30(21-27)48-19-8-3-4-9-20-49-40(46)29-16-18-33-32(23-29)37(43)24-35(41-33)26-11-6-5-7-12-26/h5-7,10-18,21-25H,2-3,8,19-20H2,1H3,(H,41,43)(H,42,44). The number of hydrogen-bond donors (Lipinski definition) is 2. The molecule has 0 aliphatic heterocycles. The van der Waals surface area contributed by atoms with E-state index >= 15 is 0 Å². The van der Waals surface area contributed by atoms with Gasteiger partial charge in [0.1, 0.15) is 5.75 Å². The van der Waals surface area contributed by atoms with Crippen molar-refractivity contribution in [1.29, 1.82) is 0 Å². The zero-order valence-electron chi connectivity index (χ0n) is 26.7. The molecule has 4 aromatic carbocycles. The molecule has 6 aromatic rings. The minimum atomic E-state index is -0.555. The minimum Gasteiger partial charge on any atom is -0.494 e. The first-order valence-corrected chi connectivity index (χ1v) is 15.8. The molecule has 9 heteroatoms. The Hall–Kier alpha value is -6.40. The van der Waals surface area contributed by atoms with Gasteiger partial charge in [-0.3, -0.25) is 9.59 Å². The summed E-state index contributed by atoms with van der Waals surface area (Å²) < 4.78 is 16.2. The van der Waals surface area contributed by atoms with Crippen LogP contribution in [0.15, 0.2) is 113 Å². The zero-order chi connectivity index (χ0) is 34.2. The Morgan fingerprint density at radius 3 is 1.92 bits per heavy atom. The van der Waals surface area contributed by atoms with Crippen molar-refractivity contribution in [2.75, 3.05) is 19.8 Å². The summed E-state index contributed by atoms with van der Waals surface area (Å²) in [5.41, 5.74) is 4.45. The molecule has 49 heavy (non-hydrogen) atoms. The molecule has 2 N–H and O–H groups in total. The van der Waals surface area contributed by atoms with E-state index in [0.717, 1.165) is 11.1 Å². The highest BCUT2D eigenvalue weighted by atomic mass is 16.5. The van der Waals surface area contributed by atoms with Crippen LogP contribution in [0.3, 0.4) is 0 Å². The van der Waals surface area contributed by atoms with Crippen LogP contribution >= 0.6 is 0 Å². The zero-order valence-corrected chi connectivity index (χ0v) is 26.7. The third-order valence-electron chi connectivity index (χ3n) is 7.75. The number of carbonyl (C=O) groups is 2. The lowest BCUT2D eigenvalue weighted by atomic mass is 10.1. The maximum atomic E-state index is 12.9. The molecule has 0 aliphatic carbocycles. The van der Waals surface area contributed by atoms with E-state index in [9.17, 15) is 19.2 Å².